The van der Waals surface area contributed by atoms with E-state index in [0.717, 1.165) is 22.6 Å². The van der Waals surface area contributed by atoms with Crippen molar-refractivity contribution in [2.75, 3.05) is 0 Å². The molecule has 1 unspecified atom stereocenters. The summed E-state index contributed by atoms with van der Waals surface area (Å²) in [6.45, 7) is 2.81. The molecule has 3 rings (SSSR count). The Labute approximate surface area is 157 Å². The fraction of sp³-hybridized carbons (Fsp3) is 0.150. The summed E-state index contributed by atoms with van der Waals surface area (Å²) in [6, 6.07) is 19.6. The lowest BCUT2D eigenvalue weighted by Gasteiger charge is -2.15. The Morgan fingerprint density at radius 2 is 1.88 bits per heavy atom. The van der Waals surface area contributed by atoms with E-state index in [1.807, 2.05) is 73.8 Å². The third kappa shape index (κ3) is 4.83. The average Bonchev–Trinajstić information content (AvgIpc) is 3.15. The summed E-state index contributed by atoms with van der Waals surface area (Å²) in [5, 5.41) is 7.89. The third-order valence-corrected chi connectivity index (χ3v) is 4.97. The molecular weight excluding hydrogens is 344 g/mol. The number of hydrogen-bond acceptors (Lipinski definition) is 4. The summed E-state index contributed by atoms with van der Waals surface area (Å²) in [6.07, 6.45) is 5.20. The molecule has 0 spiro atoms. The van der Waals surface area contributed by atoms with Gasteiger partial charge in [-0.05, 0) is 24.6 Å². The van der Waals surface area contributed by atoms with Gasteiger partial charge in [0.15, 0.2) is 0 Å². The van der Waals surface area contributed by atoms with Crippen molar-refractivity contribution < 1.29 is 4.79 Å². The van der Waals surface area contributed by atoms with Crippen molar-refractivity contribution in [3.63, 3.8) is 0 Å². The largest absolute Gasteiger partial charge is 0.272 e. The molecule has 0 bridgehead atoms. The molecule has 6 heteroatoms. The van der Waals surface area contributed by atoms with Gasteiger partial charge in [-0.2, -0.15) is 10.2 Å². The van der Waals surface area contributed by atoms with Crippen LogP contribution in [-0.2, 0) is 11.3 Å². The van der Waals surface area contributed by atoms with Crippen molar-refractivity contribution in [2.24, 2.45) is 5.10 Å². The van der Waals surface area contributed by atoms with Gasteiger partial charge in [0.1, 0.15) is 5.25 Å². The molecule has 132 valence electrons. The molecule has 1 aromatic heterocycles. The summed E-state index contributed by atoms with van der Waals surface area (Å²) in [5.74, 6) is -0.163. The Morgan fingerprint density at radius 1 is 1.19 bits per heavy atom. The van der Waals surface area contributed by atoms with Crippen LogP contribution in [0.1, 0.15) is 23.3 Å². The average molecular weight is 364 g/mol. The summed E-state index contributed by atoms with van der Waals surface area (Å²) < 4.78 is 1.81. The van der Waals surface area contributed by atoms with Gasteiger partial charge in [-0.25, -0.2) is 5.43 Å². The Bertz CT molecular complexity index is 862. The lowest BCUT2D eigenvalue weighted by molar-refractivity contribution is -0.120. The van der Waals surface area contributed by atoms with Crippen molar-refractivity contribution in [3.8, 4) is 0 Å². The van der Waals surface area contributed by atoms with E-state index in [1.165, 1.54) is 11.8 Å². The topological polar surface area (TPSA) is 59.3 Å². The van der Waals surface area contributed by atoms with Crippen molar-refractivity contribution in [1.82, 2.24) is 15.2 Å². The number of rotatable bonds is 7. The molecule has 26 heavy (non-hydrogen) atoms. The minimum Gasteiger partial charge on any atom is -0.272 e. The lowest BCUT2D eigenvalue weighted by atomic mass is 10.1. The molecule has 1 N–H and O–H groups in total. The van der Waals surface area contributed by atoms with Gasteiger partial charge >= 0.3 is 0 Å². The van der Waals surface area contributed by atoms with Crippen LogP contribution in [0.3, 0.4) is 0 Å². The maximum atomic E-state index is 12.7. The fourth-order valence-corrected chi connectivity index (χ4v) is 3.42. The van der Waals surface area contributed by atoms with Gasteiger partial charge in [-0.1, -0.05) is 48.5 Å². The quantitative estimate of drug-likeness (QED) is 0.393. The summed E-state index contributed by atoms with van der Waals surface area (Å²) in [7, 11) is 0. The molecule has 0 fully saturated rings. The van der Waals surface area contributed by atoms with Crippen LogP contribution in [0.15, 0.2) is 83.1 Å². The minimum absolute atomic E-state index is 0.163. The van der Waals surface area contributed by atoms with E-state index in [9.17, 15) is 4.79 Å². The first kappa shape index (κ1) is 17.9. The van der Waals surface area contributed by atoms with E-state index in [1.54, 1.807) is 17.1 Å². The van der Waals surface area contributed by atoms with Crippen LogP contribution < -0.4 is 5.43 Å². The van der Waals surface area contributed by atoms with Gasteiger partial charge in [0, 0.05) is 23.2 Å². The zero-order valence-electron chi connectivity index (χ0n) is 14.4. The van der Waals surface area contributed by atoms with Gasteiger partial charge in [0.25, 0.3) is 5.91 Å². The van der Waals surface area contributed by atoms with Crippen LogP contribution in [-0.4, -0.2) is 21.9 Å². The third-order valence-electron chi connectivity index (χ3n) is 3.70. The molecule has 0 saturated carbocycles. The number of nitrogens with one attached hydrogen (secondary N) is 1. The Hall–Kier alpha value is -2.86. The number of aromatic nitrogens is 2. The van der Waals surface area contributed by atoms with E-state index < -0.39 is 0 Å². The predicted molar refractivity (Wildman–Crippen MR) is 105 cm³/mol. The zero-order valence-corrected chi connectivity index (χ0v) is 15.3. The molecule has 1 amide bonds. The second-order valence-corrected chi connectivity index (χ2v) is 6.76. The van der Waals surface area contributed by atoms with Gasteiger partial charge in [0.05, 0.1) is 12.4 Å². The molecule has 0 aliphatic heterocycles. The maximum Gasteiger partial charge on any atom is 0.258 e. The smallest absolute Gasteiger partial charge is 0.258 e. The standard InChI is InChI=1S/C20H20N4OS/c1-2-24-15-16(14-22-24)13-21-23-20(25)19(17-9-5-3-6-10-17)26-18-11-7-4-8-12-18/h3-15,19H,2H2,1H3,(H,23,25)/b21-13+. The van der Waals surface area contributed by atoms with Crippen LogP contribution in [0.2, 0.25) is 0 Å². The van der Waals surface area contributed by atoms with Crippen molar-refractivity contribution >= 4 is 23.9 Å². The molecule has 1 heterocycles. The van der Waals surface area contributed by atoms with Crippen molar-refractivity contribution in [3.05, 3.63) is 84.2 Å². The maximum absolute atomic E-state index is 12.7. The zero-order chi connectivity index (χ0) is 18.2. The first-order valence-corrected chi connectivity index (χ1v) is 9.26. The molecule has 3 aromatic rings. The molecule has 0 saturated heterocycles. The Balaban J connectivity index is 1.72. The number of hydrogen-bond donors (Lipinski definition) is 1. The van der Waals surface area contributed by atoms with Crippen LogP contribution in [0.5, 0.6) is 0 Å². The molecule has 0 radical (unpaired) electrons. The van der Waals surface area contributed by atoms with E-state index in [0.29, 0.717) is 0 Å². The van der Waals surface area contributed by atoms with Gasteiger partial charge in [0.2, 0.25) is 0 Å². The van der Waals surface area contributed by atoms with E-state index in [2.05, 4.69) is 15.6 Å². The minimum atomic E-state index is -0.380. The second-order valence-electron chi connectivity index (χ2n) is 5.59. The molecule has 2 aromatic carbocycles. The number of carbonyl (C=O) groups is 1. The lowest BCUT2D eigenvalue weighted by Crippen LogP contribution is -2.23. The van der Waals surface area contributed by atoms with Crippen LogP contribution in [0.25, 0.3) is 0 Å². The highest BCUT2D eigenvalue weighted by molar-refractivity contribution is 8.00. The van der Waals surface area contributed by atoms with Gasteiger partial charge in [-0.3, -0.25) is 9.48 Å². The number of aryl methyl sites for hydroxylation is 1. The fourth-order valence-electron chi connectivity index (χ4n) is 2.38. The van der Waals surface area contributed by atoms with E-state index in [-0.39, 0.29) is 11.2 Å². The van der Waals surface area contributed by atoms with Crippen LogP contribution >= 0.6 is 11.8 Å². The van der Waals surface area contributed by atoms with Crippen LogP contribution in [0, 0.1) is 0 Å². The molecule has 1 atom stereocenters. The normalized spacial score (nSPS) is 12.2. The van der Waals surface area contributed by atoms with Crippen LogP contribution in [0.4, 0.5) is 0 Å². The summed E-state index contributed by atoms with van der Waals surface area (Å²) >= 11 is 1.50. The van der Waals surface area contributed by atoms with Gasteiger partial charge in [-0.15, -0.1) is 11.8 Å². The number of hydrazone groups is 1. The highest BCUT2D eigenvalue weighted by atomic mass is 32.2. The molecule has 0 aliphatic rings. The molecule has 0 aliphatic carbocycles. The summed E-state index contributed by atoms with van der Waals surface area (Å²) in [5.41, 5.74) is 4.43. The number of carbonyl (C=O) groups excluding carboxylic acids is 1. The monoisotopic (exact) mass is 364 g/mol. The van der Waals surface area contributed by atoms with Crippen molar-refractivity contribution in [1.29, 1.82) is 0 Å². The highest BCUT2D eigenvalue weighted by Gasteiger charge is 2.21. The molecule has 5 nitrogen and oxygen atoms in total. The van der Waals surface area contributed by atoms with Crippen molar-refractivity contribution in [2.45, 2.75) is 23.6 Å². The number of nitrogens with zero attached hydrogens (tertiary/aromatic N) is 3. The first-order chi connectivity index (χ1) is 12.8. The first-order valence-electron chi connectivity index (χ1n) is 8.38. The number of benzene rings is 2. The highest BCUT2D eigenvalue weighted by Crippen LogP contribution is 2.35. The Morgan fingerprint density at radius 3 is 2.54 bits per heavy atom. The van der Waals surface area contributed by atoms with E-state index in [4.69, 9.17) is 0 Å². The Kier molecular flexibility index (Phi) is 6.22. The molecular formula is C20H20N4OS. The predicted octanol–water partition coefficient (Wildman–Crippen LogP) is 3.89. The SMILES string of the molecule is CCn1cc(/C=N/NC(=O)C(Sc2ccccc2)c2ccccc2)cn1. The number of thioether (sulfide) groups is 1. The second kappa shape index (κ2) is 9.01. The number of amides is 1. The summed E-state index contributed by atoms with van der Waals surface area (Å²) in [4.78, 5) is 13.8. The van der Waals surface area contributed by atoms with Gasteiger partial charge < -0.3 is 0 Å². The van der Waals surface area contributed by atoms with E-state index >= 15 is 0 Å².